The van der Waals surface area contributed by atoms with Crippen molar-refractivity contribution in [2.45, 2.75) is 6.54 Å². The molecule has 1 N–H and O–H groups in total. The van der Waals surface area contributed by atoms with Gasteiger partial charge in [0.25, 0.3) is 5.91 Å². The lowest BCUT2D eigenvalue weighted by Gasteiger charge is -2.00. The van der Waals surface area contributed by atoms with Gasteiger partial charge in [-0.15, -0.1) is 11.3 Å². The van der Waals surface area contributed by atoms with Gasteiger partial charge in [0.05, 0.1) is 9.35 Å². The second-order valence-electron chi connectivity index (χ2n) is 3.08. The maximum absolute atomic E-state index is 11.6. The molecule has 0 aromatic carbocycles. The molecule has 1 amide bonds. The molecular formula is C10H7Br2NO2S. The number of thiophene rings is 1. The van der Waals surface area contributed by atoms with Gasteiger partial charge in [-0.3, -0.25) is 4.79 Å². The first-order valence-electron chi connectivity index (χ1n) is 4.40. The van der Waals surface area contributed by atoms with Gasteiger partial charge in [-0.1, -0.05) is 0 Å². The Morgan fingerprint density at radius 3 is 2.81 bits per heavy atom. The number of hydrogen-bond donors (Lipinski definition) is 1. The molecule has 0 aliphatic heterocycles. The molecule has 0 spiro atoms. The SMILES string of the molecule is O=C(NCc1csc(Br)c1)c1coc(Br)c1. The van der Waals surface area contributed by atoms with Gasteiger partial charge >= 0.3 is 0 Å². The molecule has 0 saturated heterocycles. The van der Waals surface area contributed by atoms with Crippen LogP contribution in [0.1, 0.15) is 15.9 Å². The molecule has 0 unspecified atom stereocenters. The molecule has 16 heavy (non-hydrogen) atoms. The minimum Gasteiger partial charge on any atom is -0.457 e. The molecule has 2 aromatic heterocycles. The van der Waals surface area contributed by atoms with E-state index in [-0.39, 0.29) is 5.91 Å². The maximum atomic E-state index is 11.6. The smallest absolute Gasteiger partial charge is 0.254 e. The van der Waals surface area contributed by atoms with E-state index in [1.807, 2.05) is 11.4 Å². The quantitative estimate of drug-likeness (QED) is 0.900. The van der Waals surface area contributed by atoms with E-state index >= 15 is 0 Å². The Morgan fingerprint density at radius 1 is 1.44 bits per heavy atom. The van der Waals surface area contributed by atoms with Crippen LogP contribution < -0.4 is 5.32 Å². The number of furan rings is 1. The Bertz CT molecular complexity index is 506. The predicted molar refractivity (Wildman–Crippen MR) is 69.6 cm³/mol. The van der Waals surface area contributed by atoms with Crippen LogP contribution in [0.2, 0.25) is 0 Å². The molecule has 0 saturated carbocycles. The average molecular weight is 365 g/mol. The van der Waals surface area contributed by atoms with Crippen molar-refractivity contribution in [3.63, 3.8) is 0 Å². The van der Waals surface area contributed by atoms with Crippen LogP contribution in [-0.2, 0) is 6.54 Å². The number of carbonyl (C=O) groups excluding carboxylic acids is 1. The van der Waals surface area contributed by atoms with Crippen molar-refractivity contribution >= 4 is 49.1 Å². The lowest BCUT2D eigenvalue weighted by Crippen LogP contribution is -2.21. The lowest BCUT2D eigenvalue weighted by molar-refractivity contribution is 0.0950. The summed E-state index contributed by atoms with van der Waals surface area (Å²) in [6, 6.07) is 3.62. The van der Waals surface area contributed by atoms with Crippen LogP contribution >= 0.6 is 43.2 Å². The highest BCUT2D eigenvalue weighted by atomic mass is 79.9. The summed E-state index contributed by atoms with van der Waals surface area (Å²) >= 11 is 8.12. The number of halogens is 2. The fourth-order valence-corrected chi connectivity index (χ4v) is 2.70. The van der Waals surface area contributed by atoms with Crippen molar-refractivity contribution in [1.82, 2.24) is 5.32 Å². The molecule has 0 radical (unpaired) electrons. The van der Waals surface area contributed by atoms with Crippen LogP contribution in [0, 0.1) is 0 Å². The minimum absolute atomic E-state index is 0.142. The number of nitrogens with one attached hydrogen (secondary N) is 1. The van der Waals surface area contributed by atoms with Crippen molar-refractivity contribution in [2.75, 3.05) is 0 Å². The standard InChI is InChI=1S/C10H7Br2NO2S/c11-8-2-7(4-15-8)10(14)13-3-6-1-9(12)16-5-6/h1-2,4-5H,3H2,(H,13,14). The first kappa shape index (κ1) is 11.9. The average Bonchev–Trinajstić information content (AvgIpc) is 2.84. The summed E-state index contributed by atoms with van der Waals surface area (Å²) < 4.78 is 6.60. The molecule has 6 heteroatoms. The Hall–Kier alpha value is -0.590. The van der Waals surface area contributed by atoms with E-state index in [0.717, 1.165) is 9.35 Å². The van der Waals surface area contributed by atoms with Gasteiger partial charge in [0.2, 0.25) is 0 Å². The van der Waals surface area contributed by atoms with Gasteiger partial charge in [0.15, 0.2) is 4.67 Å². The van der Waals surface area contributed by atoms with Gasteiger partial charge < -0.3 is 9.73 Å². The number of hydrogen-bond acceptors (Lipinski definition) is 3. The highest BCUT2D eigenvalue weighted by Crippen LogP contribution is 2.20. The summed E-state index contributed by atoms with van der Waals surface area (Å²) in [6.45, 7) is 0.518. The van der Waals surface area contributed by atoms with Crippen LogP contribution in [-0.4, -0.2) is 5.91 Å². The summed E-state index contributed by atoms with van der Waals surface area (Å²) in [5.41, 5.74) is 1.59. The van der Waals surface area contributed by atoms with Crippen LogP contribution in [0.15, 0.2) is 36.6 Å². The number of amides is 1. The summed E-state index contributed by atoms with van der Waals surface area (Å²) in [6.07, 6.45) is 1.42. The zero-order valence-electron chi connectivity index (χ0n) is 8.00. The van der Waals surface area contributed by atoms with Crippen LogP contribution in [0.5, 0.6) is 0 Å². The highest BCUT2D eigenvalue weighted by Gasteiger charge is 2.08. The molecule has 0 bridgehead atoms. The first-order valence-corrected chi connectivity index (χ1v) is 6.87. The van der Waals surface area contributed by atoms with E-state index in [1.54, 1.807) is 17.4 Å². The molecule has 0 atom stereocenters. The largest absolute Gasteiger partial charge is 0.457 e. The van der Waals surface area contributed by atoms with Gasteiger partial charge in [-0.2, -0.15) is 0 Å². The molecule has 3 nitrogen and oxygen atoms in total. The summed E-state index contributed by atoms with van der Waals surface area (Å²) in [7, 11) is 0. The van der Waals surface area contributed by atoms with Crippen molar-refractivity contribution < 1.29 is 9.21 Å². The molecule has 2 aromatic rings. The predicted octanol–water partition coefficient (Wildman–Crippen LogP) is 3.80. The van der Waals surface area contributed by atoms with Crippen LogP contribution in [0.4, 0.5) is 0 Å². The highest BCUT2D eigenvalue weighted by molar-refractivity contribution is 9.11. The summed E-state index contributed by atoms with van der Waals surface area (Å²) in [4.78, 5) is 11.6. The molecule has 2 rings (SSSR count). The van der Waals surface area contributed by atoms with E-state index in [2.05, 4.69) is 37.2 Å². The second kappa shape index (κ2) is 5.16. The van der Waals surface area contributed by atoms with Crippen molar-refractivity contribution in [3.05, 3.63) is 43.4 Å². The lowest BCUT2D eigenvalue weighted by atomic mass is 10.3. The molecule has 0 aliphatic carbocycles. The monoisotopic (exact) mass is 363 g/mol. The number of rotatable bonds is 3. The normalized spacial score (nSPS) is 10.4. The molecule has 0 aliphatic rings. The summed E-state index contributed by atoms with van der Waals surface area (Å²) in [5.74, 6) is -0.142. The number of carbonyl (C=O) groups is 1. The van der Waals surface area contributed by atoms with Gasteiger partial charge in [-0.05, 0) is 48.9 Å². The maximum Gasteiger partial charge on any atom is 0.254 e. The Labute approximate surface area is 113 Å². The zero-order chi connectivity index (χ0) is 11.5. The third kappa shape index (κ3) is 2.96. The Balaban J connectivity index is 1.93. The van der Waals surface area contributed by atoms with Gasteiger partial charge in [-0.25, -0.2) is 0 Å². The van der Waals surface area contributed by atoms with Crippen molar-refractivity contribution in [1.29, 1.82) is 0 Å². The fraction of sp³-hybridized carbons (Fsp3) is 0.100. The van der Waals surface area contributed by atoms with Gasteiger partial charge in [0.1, 0.15) is 6.26 Å². The molecule has 0 fully saturated rings. The fourth-order valence-electron chi connectivity index (χ4n) is 1.15. The third-order valence-corrected chi connectivity index (χ3v) is 3.87. The molecular weight excluding hydrogens is 358 g/mol. The van der Waals surface area contributed by atoms with E-state index < -0.39 is 0 Å². The third-order valence-electron chi connectivity index (χ3n) is 1.90. The Kier molecular flexibility index (Phi) is 3.83. The van der Waals surface area contributed by atoms with Crippen molar-refractivity contribution in [3.8, 4) is 0 Å². The topological polar surface area (TPSA) is 42.2 Å². The van der Waals surface area contributed by atoms with Gasteiger partial charge in [0, 0.05) is 12.6 Å². The van der Waals surface area contributed by atoms with E-state index in [9.17, 15) is 4.79 Å². The van der Waals surface area contributed by atoms with E-state index in [0.29, 0.717) is 16.8 Å². The zero-order valence-corrected chi connectivity index (χ0v) is 12.0. The van der Waals surface area contributed by atoms with Crippen LogP contribution in [0.3, 0.4) is 0 Å². The summed E-state index contributed by atoms with van der Waals surface area (Å²) in [5, 5.41) is 4.80. The Morgan fingerprint density at radius 2 is 2.25 bits per heavy atom. The molecule has 84 valence electrons. The first-order chi connectivity index (χ1) is 7.65. The molecule has 2 heterocycles. The van der Waals surface area contributed by atoms with E-state index in [4.69, 9.17) is 4.42 Å². The minimum atomic E-state index is -0.142. The second-order valence-corrected chi connectivity index (χ2v) is 6.15. The van der Waals surface area contributed by atoms with Crippen molar-refractivity contribution in [2.24, 2.45) is 0 Å². The van der Waals surface area contributed by atoms with E-state index in [1.165, 1.54) is 6.26 Å². The van der Waals surface area contributed by atoms with Crippen LogP contribution in [0.25, 0.3) is 0 Å².